The maximum atomic E-state index is 14.6. The lowest BCUT2D eigenvalue weighted by atomic mass is 9.68. The Hall–Kier alpha value is -1.66. The summed E-state index contributed by atoms with van der Waals surface area (Å²) in [4.78, 5) is 12.2. The number of halogens is 5. The van der Waals surface area contributed by atoms with Crippen LogP contribution in [0.2, 0.25) is 0 Å². The molecule has 2 nitrogen and oxygen atoms in total. The van der Waals surface area contributed by atoms with Crippen molar-refractivity contribution in [2.24, 2.45) is 23.7 Å². The normalized spacial score (nSPS) is 34.3. The molecule has 3 rings (SSSR count). The van der Waals surface area contributed by atoms with Gasteiger partial charge in [0.1, 0.15) is 24.0 Å². The molecule has 1 aromatic carbocycles. The molecule has 0 spiro atoms. The molecule has 150 valence electrons. The first-order valence-electron chi connectivity index (χ1n) is 9.40. The number of hydrogen-bond donors (Lipinski definition) is 0. The third-order valence-electron chi connectivity index (χ3n) is 6.01. The summed E-state index contributed by atoms with van der Waals surface area (Å²) in [5.41, 5.74) is 0. The van der Waals surface area contributed by atoms with Gasteiger partial charge in [0.05, 0.1) is 0 Å². The van der Waals surface area contributed by atoms with Crippen molar-refractivity contribution < 1.29 is 31.5 Å². The van der Waals surface area contributed by atoms with Gasteiger partial charge in [0, 0.05) is 12.1 Å². The number of ether oxygens (including phenoxy) is 1. The molecule has 0 amide bonds. The predicted molar refractivity (Wildman–Crippen MR) is 89.1 cm³/mol. The van der Waals surface area contributed by atoms with Crippen molar-refractivity contribution in [1.29, 1.82) is 0 Å². The van der Waals surface area contributed by atoms with Gasteiger partial charge in [-0.05, 0) is 43.4 Å². The van der Waals surface area contributed by atoms with E-state index in [2.05, 4.69) is 6.92 Å². The van der Waals surface area contributed by atoms with Crippen LogP contribution >= 0.6 is 0 Å². The summed E-state index contributed by atoms with van der Waals surface area (Å²) in [6.07, 6.45) is 0.672. The zero-order valence-corrected chi connectivity index (χ0v) is 15.1. The van der Waals surface area contributed by atoms with E-state index in [0.717, 1.165) is 25.7 Å². The third-order valence-corrected chi connectivity index (χ3v) is 6.01. The highest BCUT2D eigenvalue weighted by molar-refractivity contribution is 5.76. The van der Waals surface area contributed by atoms with Crippen molar-refractivity contribution in [3.63, 3.8) is 0 Å². The van der Waals surface area contributed by atoms with Crippen molar-refractivity contribution in [3.05, 3.63) is 29.6 Å². The van der Waals surface area contributed by atoms with Crippen LogP contribution in [0.4, 0.5) is 22.0 Å². The van der Waals surface area contributed by atoms with Crippen LogP contribution in [0.25, 0.3) is 0 Å². The largest absolute Gasteiger partial charge is 0.426 e. The predicted octanol–water partition coefficient (Wildman–Crippen LogP) is 5.54. The molecular formula is C20H23F5O2. The molecule has 0 radical (unpaired) electrons. The van der Waals surface area contributed by atoms with Gasteiger partial charge >= 0.3 is 5.97 Å². The molecule has 0 saturated heterocycles. The van der Waals surface area contributed by atoms with Gasteiger partial charge in [-0.15, -0.1) is 0 Å². The second-order valence-electron chi connectivity index (χ2n) is 7.93. The Morgan fingerprint density at radius 3 is 1.96 bits per heavy atom. The lowest BCUT2D eigenvalue weighted by Gasteiger charge is -2.39. The fraction of sp³-hybridized carbons (Fsp3) is 0.650. The number of benzene rings is 1. The second-order valence-corrected chi connectivity index (χ2v) is 7.93. The Labute approximate surface area is 155 Å². The summed E-state index contributed by atoms with van der Waals surface area (Å²) in [5, 5.41) is 0. The van der Waals surface area contributed by atoms with Crippen molar-refractivity contribution in [3.8, 4) is 5.75 Å². The van der Waals surface area contributed by atoms with Crippen molar-refractivity contribution in [1.82, 2.24) is 0 Å². The summed E-state index contributed by atoms with van der Waals surface area (Å²) < 4.78 is 73.3. The second kappa shape index (κ2) is 8.15. The highest BCUT2D eigenvalue weighted by Gasteiger charge is 2.46. The SMILES string of the molecule is CC1CCC(C2CC(F)C(C(=O)Oc3cc(F)c(F)c(F)c3)C(F)C2)CC1. The standard InChI is InChI=1S/C20H23F5O2/c1-10-2-4-11(5-3-10)12-6-14(21)18(15(22)7-12)20(26)27-13-8-16(23)19(25)17(24)9-13/h8-12,14-15,18H,2-7H2,1H3. The molecule has 2 saturated carbocycles. The Morgan fingerprint density at radius 2 is 1.44 bits per heavy atom. The van der Waals surface area contributed by atoms with E-state index in [1.807, 2.05) is 0 Å². The Balaban J connectivity index is 1.64. The van der Waals surface area contributed by atoms with Crippen LogP contribution in [0.5, 0.6) is 5.75 Å². The number of rotatable bonds is 3. The fourth-order valence-electron chi connectivity index (χ4n) is 4.41. The number of hydrogen-bond acceptors (Lipinski definition) is 2. The Kier molecular flexibility index (Phi) is 6.06. The summed E-state index contributed by atoms with van der Waals surface area (Å²) >= 11 is 0. The first kappa shape index (κ1) is 20.1. The summed E-state index contributed by atoms with van der Waals surface area (Å²) in [5.74, 6) is -7.49. The molecule has 0 aliphatic heterocycles. The average molecular weight is 390 g/mol. The zero-order chi connectivity index (χ0) is 19.7. The maximum Gasteiger partial charge on any atom is 0.320 e. The van der Waals surface area contributed by atoms with E-state index in [1.165, 1.54) is 0 Å². The highest BCUT2D eigenvalue weighted by Crippen LogP contribution is 2.43. The molecule has 7 heteroatoms. The zero-order valence-electron chi connectivity index (χ0n) is 15.1. The van der Waals surface area contributed by atoms with Crippen LogP contribution in [-0.2, 0) is 4.79 Å². The lowest BCUT2D eigenvalue weighted by molar-refractivity contribution is -0.147. The average Bonchev–Trinajstić information content (AvgIpc) is 2.59. The van der Waals surface area contributed by atoms with Gasteiger partial charge < -0.3 is 4.74 Å². The molecule has 2 aliphatic rings. The molecule has 0 bridgehead atoms. The van der Waals surface area contributed by atoms with Crippen LogP contribution in [0.15, 0.2) is 12.1 Å². The Morgan fingerprint density at radius 1 is 0.926 bits per heavy atom. The molecule has 0 aromatic heterocycles. The summed E-state index contributed by atoms with van der Waals surface area (Å²) in [6.45, 7) is 2.17. The van der Waals surface area contributed by atoms with Crippen LogP contribution in [0, 0.1) is 41.1 Å². The quantitative estimate of drug-likeness (QED) is 0.293. The lowest BCUT2D eigenvalue weighted by Crippen LogP contribution is -2.44. The van der Waals surface area contributed by atoms with Gasteiger partial charge in [-0.2, -0.15) is 0 Å². The molecular weight excluding hydrogens is 367 g/mol. The minimum absolute atomic E-state index is 0.0748. The van der Waals surface area contributed by atoms with Crippen LogP contribution in [0.3, 0.4) is 0 Å². The molecule has 27 heavy (non-hydrogen) atoms. The van der Waals surface area contributed by atoms with E-state index in [-0.39, 0.29) is 24.7 Å². The number of esters is 1. The third kappa shape index (κ3) is 4.43. The highest BCUT2D eigenvalue weighted by atomic mass is 19.2. The smallest absolute Gasteiger partial charge is 0.320 e. The topological polar surface area (TPSA) is 26.3 Å². The minimum atomic E-state index is -1.72. The summed E-state index contributed by atoms with van der Waals surface area (Å²) in [6, 6.07) is 0.956. The van der Waals surface area contributed by atoms with Crippen molar-refractivity contribution in [2.45, 2.75) is 57.8 Å². The first-order valence-corrected chi connectivity index (χ1v) is 9.40. The van der Waals surface area contributed by atoms with Crippen LogP contribution < -0.4 is 4.74 Å². The van der Waals surface area contributed by atoms with E-state index in [0.29, 0.717) is 18.1 Å². The van der Waals surface area contributed by atoms with Gasteiger partial charge in [0.15, 0.2) is 17.5 Å². The fourth-order valence-corrected chi connectivity index (χ4v) is 4.41. The van der Waals surface area contributed by atoms with E-state index in [9.17, 15) is 26.7 Å². The van der Waals surface area contributed by atoms with Gasteiger partial charge in [0.25, 0.3) is 0 Å². The molecule has 2 atom stereocenters. The number of carbonyl (C=O) groups is 1. The van der Waals surface area contributed by atoms with E-state index < -0.39 is 47.4 Å². The van der Waals surface area contributed by atoms with E-state index >= 15 is 0 Å². The van der Waals surface area contributed by atoms with Crippen molar-refractivity contribution in [2.75, 3.05) is 0 Å². The van der Waals surface area contributed by atoms with Crippen LogP contribution in [0.1, 0.15) is 45.4 Å². The Bertz CT molecular complexity index is 652. The van der Waals surface area contributed by atoms with Crippen LogP contribution in [-0.4, -0.2) is 18.3 Å². The molecule has 2 fully saturated rings. The first-order chi connectivity index (χ1) is 12.8. The minimum Gasteiger partial charge on any atom is -0.426 e. The molecule has 0 heterocycles. The number of carbonyl (C=O) groups excluding carboxylic acids is 1. The van der Waals surface area contributed by atoms with Crippen molar-refractivity contribution >= 4 is 5.97 Å². The summed E-state index contributed by atoms with van der Waals surface area (Å²) in [7, 11) is 0. The number of alkyl halides is 2. The van der Waals surface area contributed by atoms with Gasteiger partial charge in [-0.1, -0.05) is 19.8 Å². The van der Waals surface area contributed by atoms with E-state index in [1.54, 1.807) is 0 Å². The maximum absolute atomic E-state index is 14.6. The molecule has 2 aliphatic carbocycles. The van der Waals surface area contributed by atoms with Gasteiger partial charge in [0.2, 0.25) is 0 Å². The van der Waals surface area contributed by atoms with Gasteiger partial charge in [-0.3, -0.25) is 4.79 Å². The molecule has 0 N–H and O–H groups in total. The molecule has 1 aromatic rings. The monoisotopic (exact) mass is 390 g/mol. The molecule has 2 unspecified atom stereocenters. The van der Waals surface area contributed by atoms with Gasteiger partial charge in [-0.25, -0.2) is 22.0 Å². The van der Waals surface area contributed by atoms with E-state index in [4.69, 9.17) is 4.74 Å².